The number of aryl methyl sites for hydroxylation is 3. The van der Waals surface area contributed by atoms with E-state index in [0.717, 1.165) is 67.1 Å². The van der Waals surface area contributed by atoms with Gasteiger partial charge in [-0.25, -0.2) is 28.4 Å². The second-order valence-electron chi connectivity index (χ2n) is 22.8. The molecule has 0 saturated carbocycles. The predicted octanol–water partition coefficient (Wildman–Crippen LogP) is 17.8. The Kier molecular flexibility index (Phi) is 22.4. The Bertz CT molecular complexity index is 4770. The zero-order valence-electron chi connectivity index (χ0n) is 54.6. The third-order valence-corrected chi connectivity index (χ3v) is 17.5. The van der Waals surface area contributed by atoms with Gasteiger partial charge in [-0.3, -0.25) is 0 Å². The fourth-order valence-electron chi connectivity index (χ4n) is 10.3. The van der Waals surface area contributed by atoms with Crippen molar-refractivity contribution in [3.8, 4) is 86.2 Å². The molecule has 0 amide bonds. The number of halogens is 3. The highest BCUT2D eigenvalue weighted by Gasteiger charge is 2.33. The molecular weight excluding hydrogens is 1440 g/mol. The van der Waals surface area contributed by atoms with Crippen LogP contribution in [0.3, 0.4) is 0 Å². The molecule has 0 aliphatic rings. The molecular formula is C71H67Br3N12O9S. The average molecular weight is 1500 g/mol. The first kappa shape index (κ1) is 69.4. The van der Waals surface area contributed by atoms with E-state index in [4.69, 9.17) is 27.5 Å². The van der Waals surface area contributed by atoms with Gasteiger partial charge in [-0.2, -0.15) is 15.3 Å². The minimum Gasteiger partial charge on any atom is -0.464 e. The highest BCUT2D eigenvalue weighted by atomic mass is 79.9. The summed E-state index contributed by atoms with van der Waals surface area (Å²) >= 11 is 12.0. The van der Waals surface area contributed by atoms with Crippen LogP contribution in [0.25, 0.3) is 86.2 Å². The van der Waals surface area contributed by atoms with Gasteiger partial charge in [-0.15, -0.1) is 42.4 Å². The number of carbonyl (C=O) groups is 3. The molecule has 6 heterocycles. The molecule has 0 atom stereocenters. The van der Waals surface area contributed by atoms with E-state index in [9.17, 15) is 14.4 Å². The van der Waals surface area contributed by atoms with Crippen LogP contribution in [0.15, 0.2) is 172 Å². The van der Waals surface area contributed by atoms with E-state index in [2.05, 4.69) is 135 Å². The van der Waals surface area contributed by atoms with Crippen LogP contribution in [0.5, 0.6) is 0 Å². The van der Waals surface area contributed by atoms with Gasteiger partial charge in [0.1, 0.15) is 23.0 Å². The van der Waals surface area contributed by atoms with Gasteiger partial charge in [0.2, 0.25) is 17.7 Å². The summed E-state index contributed by atoms with van der Waals surface area (Å²) in [5.41, 5.74) is 13.3. The lowest BCUT2D eigenvalue weighted by Gasteiger charge is -2.13. The molecule has 0 saturated heterocycles. The van der Waals surface area contributed by atoms with Gasteiger partial charge in [-0.05, 0) is 171 Å². The average Bonchev–Trinajstić information content (AvgIpc) is 1.62. The van der Waals surface area contributed by atoms with Crippen molar-refractivity contribution >= 4 is 77.5 Å². The van der Waals surface area contributed by atoms with Gasteiger partial charge in [0.05, 0.1) is 44.2 Å². The summed E-state index contributed by atoms with van der Waals surface area (Å²) in [5.74, 6) is 1.20. The van der Waals surface area contributed by atoms with Gasteiger partial charge in [0, 0.05) is 16.7 Å². The maximum Gasteiger partial charge on any atom is 0.360 e. The summed E-state index contributed by atoms with van der Waals surface area (Å²) in [4.78, 5) is 37.7. The summed E-state index contributed by atoms with van der Waals surface area (Å²) < 4.78 is 39.8. The van der Waals surface area contributed by atoms with E-state index >= 15 is 0 Å². The molecule has 0 N–H and O–H groups in total. The lowest BCUT2D eigenvalue weighted by atomic mass is 10.0. The van der Waals surface area contributed by atoms with E-state index in [-0.39, 0.29) is 65.1 Å². The zero-order valence-corrected chi connectivity index (χ0v) is 60.2. The lowest BCUT2D eigenvalue weighted by Crippen LogP contribution is -2.08. The summed E-state index contributed by atoms with van der Waals surface area (Å²) in [6.45, 7) is 20.6. The third kappa shape index (κ3) is 15.1. The number of esters is 3. The van der Waals surface area contributed by atoms with Gasteiger partial charge >= 0.3 is 17.9 Å². The number of hydrogen-bond acceptors (Lipinski definition) is 19. The molecule has 0 radical (unpaired) electrons. The van der Waals surface area contributed by atoms with Crippen LogP contribution in [-0.2, 0) is 14.2 Å². The van der Waals surface area contributed by atoms with Gasteiger partial charge in [-0.1, -0.05) is 149 Å². The molecule has 12 aromatic rings. The van der Waals surface area contributed by atoms with Crippen LogP contribution in [0.4, 0.5) is 0 Å². The molecule has 0 bridgehead atoms. The van der Waals surface area contributed by atoms with Crippen molar-refractivity contribution in [3.63, 3.8) is 0 Å². The molecule has 0 aliphatic heterocycles. The summed E-state index contributed by atoms with van der Waals surface area (Å²) in [7, 11) is 1.32. The Labute approximate surface area is 583 Å². The molecule has 492 valence electrons. The molecule has 0 aliphatic carbocycles. The minimum absolute atomic E-state index is 0.131. The third-order valence-electron chi connectivity index (χ3n) is 14.9. The van der Waals surface area contributed by atoms with Crippen molar-refractivity contribution in [1.82, 2.24) is 59.9 Å². The lowest BCUT2D eigenvalue weighted by molar-refractivity contribution is 0.0515. The topological polar surface area (TPSA) is 249 Å². The van der Waals surface area contributed by atoms with Crippen molar-refractivity contribution in [2.24, 2.45) is 0 Å². The molecule has 0 unspecified atom stereocenters. The summed E-state index contributed by atoms with van der Waals surface area (Å²) in [6.07, 6.45) is 1.86. The van der Waals surface area contributed by atoms with E-state index < -0.39 is 17.9 Å². The number of aromatic nitrogens is 12. The van der Waals surface area contributed by atoms with Crippen molar-refractivity contribution in [2.75, 3.05) is 25.9 Å². The van der Waals surface area contributed by atoms with Crippen molar-refractivity contribution in [3.05, 3.63) is 209 Å². The van der Waals surface area contributed by atoms with Gasteiger partial charge < -0.3 is 27.5 Å². The van der Waals surface area contributed by atoms with Crippen LogP contribution in [-0.4, -0.2) is 104 Å². The Morgan fingerprint density at radius 3 is 1.03 bits per heavy atom. The highest BCUT2D eigenvalue weighted by molar-refractivity contribution is 9.11. The normalized spacial score (nSPS) is 11.2. The first-order valence-corrected chi connectivity index (χ1v) is 34.3. The second-order valence-corrected chi connectivity index (χ2v) is 26.0. The predicted molar refractivity (Wildman–Crippen MR) is 378 cm³/mol. The standard InChI is InChI=1S/C24H23BrN4O3S.C24H23BrN4O3.C23H21BrN4O3/c1-14(2)17-10-5-6-11-18(17)29-21(19(25)20(28-29)24(30)31-13-33-4)23-27-26-22(32-23)16-9-7-8-15(3)12-16;1-5-31-24(30)20-19(25)21(29(28-20)18-12-7-6-11-17(18)14(2)3)23-27-26-22(32-23)16-10-8-9-15(4)13-16;1-13(2)16-10-5-6-11-17(16)28-20(18(24)19(27-28)23(29)30-4)22-26-25-21(31-22)15-9-7-8-14(3)12-15/h5-12,14H,13H2,1-4H3;6-14H,5H2,1-4H3;5-13H,1-4H3. The molecule has 0 spiro atoms. The number of carbonyl (C=O) groups excluding carboxylic acids is 3. The maximum atomic E-state index is 12.7. The summed E-state index contributed by atoms with van der Waals surface area (Å²) in [5, 5.41) is 39.2. The highest BCUT2D eigenvalue weighted by Crippen LogP contribution is 2.40. The van der Waals surface area contributed by atoms with Crippen molar-refractivity contribution in [1.29, 1.82) is 0 Å². The molecule has 6 aromatic carbocycles. The number of rotatable bonds is 18. The van der Waals surface area contributed by atoms with Crippen LogP contribution >= 0.6 is 59.6 Å². The number of methoxy groups -OCH3 is 1. The molecule has 21 nitrogen and oxygen atoms in total. The quantitative estimate of drug-likeness (QED) is 0.0440. The van der Waals surface area contributed by atoms with Crippen molar-refractivity contribution < 1.29 is 41.8 Å². The Morgan fingerprint density at radius 2 is 0.740 bits per heavy atom. The number of thioether (sulfide) groups is 1. The number of para-hydroxylation sites is 3. The monoisotopic (exact) mass is 1500 g/mol. The Morgan fingerprint density at radius 1 is 0.438 bits per heavy atom. The van der Waals surface area contributed by atoms with Crippen LogP contribution in [0.2, 0.25) is 0 Å². The molecule has 0 fully saturated rings. The van der Waals surface area contributed by atoms with Crippen LogP contribution in [0, 0.1) is 20.8 Å². The summed E-state index contributed by atoms with van der Waals surface area (Å²) in [6, 6.07) is 47.1. The number of ether oxygens (including phenoxy) is 3. The van der Waals surface area contributed by atoms with Crippen LogP contribution in [0.1, 0.15) is 131 Å². The van der Waals surface area contributed by atoms with Gasteiger partial charge in [0.25, 0.3) is 17.7 Å². The Hall–Kier alpha value is -9.43. The van der Waals surface area contributed by atoms with Crippen molar-refractivity contribution in [2.45, 2.75) is 87.0 Å². The van der Waals surface area contributed by atoms with Crippen LogP contribution < -0.4 is 0 Å². The largest absolute Gasteiger partial charge is 0.464 e. The first-order valence-electron chi connectivity index (χ1n) is 30.5. The Balaban J connectivity index is 0.000000157. The van der Waals surface area contributed by atoms with Gasteiger partial charge in [0.15, 0.2) is 17.1 Å². The minimum atomic E-state index is -0.563. The molecule has 25 heteroatoms. The first-order chi connectivity index (χ1) is 46.2. The SMILES string of the molecule is CCOC(=O)c1nn(-c2ccccc2C(C)C)c(-c2nnc(-c3cccc(C)c3)o2)c1Br.COC(=O)c1nn(-c2ccccc2C(C)C)c(-c2nnc(-c3cccc(C)c3)o2)c1Br.CSCOC(=O)c1nn(-c2ccccc2C(C)C)c(-c2nnc(-c3cccc(C)c3)o2)c1Br. The van der Waals surface area contributed by atoms with E-state index in [1.807, 2.05) is 173 Å². The number of nitrogens with zero attached hydrogens (tertiary/aromatic N) is 12. The van der Waals surface area contributed by atoms with E-state index in [1.165, 1.54) is 18.9 Å². The van der Waals surface area contributed by atoms with E-state index in [1.54, 1.807) is 21.0 Å². The number of benzene rings is 6. The van der Waals surface area contributed by atoms with E-state index in [0.29, 0.717) is 48.2 Å². The maximum absolute atomic E-state index is 12.7. The second kappa shape index (κ2) is 31.0. The molecule has 6 aromatic heterocycles. The fraction of sp³-hybridized carbons (Fsp3) is 0.239. The number of hydrogen-bond donors (Lipinski definition) is 0. The smallest absolute Gasteiger partial charge is 0.360 e. The fourth-order valence-corrected chi connectivity index (χ4v) is 12.2. The zero-order chi connectivity index (χ0) is 68.5. The molecule has 12 rings (SSSR count). The molecule has 96 heavy (non-hydrogen) atoms.